The maximum absolute atomic E-state index is 11.7. The van der Waals surface area contributed by atoms with Crippen molar-refractivity contribution in [3.63, 3.8) is 0 Å². The largest absolute Gasteiger partial charge is 0.494 e. The molecular weight excluding hydrogens is 232 g/mol. The van der Waals surface area contributed by atoms with Crippen LogP contribution in [0, 0.1) is 13.8 Å². The third-order valence-corrected chi connectivity index (χ3v) is 2.99. The summed E-state index contributed by atoms with van der Waals surface area (Å²) in [6.45, 7) is 3.63. The van der Waals surface area contributed by atoms with Crippen LogP contribution >= 0.6 is 0 Å². The number of hydrogen-bond acceptors (Lipinski definition) is 3. The summed E-state index contributed by atoms with van der Waals surface area (Å²) in [5, 5.41) is 9.85. The Kier molecular flexibility index (Phi) is 3.06. The number of hydrogen-bond donors (Lipinski definition) is 2. The van der Waals surface area contributed by atoms with Crippen LogP contribution in [0.3, 0.4) is 0 Å². The van der Waals surface area contributed by atoms with Crippen molar-refractivity contribution in [3.8, 4) is 5.88 Å². The van der Waals surface area contributed by atoms with Crippen LogP contribution < -0.4 is 11.2 Å². The molecule has 0 aliphatic heterocycles. The number of rotatable bonds is 2. The van der Waals surface area contributed by atoms with Crippen LogP contribution in [0.1, 0.15) is 16.7 Å². The molecule has 5 nitrogen and oxygen atoms in total. The molecule has 0 fully saturated rings. The second kappa shape index (κ2) is 4.52. The van der Waals surface area contributed by atoms with E-state index in [2.05, 4.69) is 4.98 Å². The average molecular weight is 246 g/mol. The molecule has 18 heavy (non-hydrogen) atoms. The van der Waals surface area contributed by atoms with Crippen molar-refractivity contribution in [2.24, 2.45) is 0 Å². The van der Waals surface area contributed by atoms with Gasteiger partial charge in [0.1, 0.15) is 0 Å². The minimum atomic E-state index is -0.605. The van der Waals surface area contributed by atoms with Gasteiger partial charge in [0.15, 0.2) is 0 Å². The first-order chi connectivity index (χ1) is 8.50. The van der Waals surface area contributed by atoms with Crippen LogP contribution in [0.5, 0.6) is 5.88 Å². The van der Waals surface area contributed by atoms with Crippen molar-refractivity contribution < 1.29 is 5.11 Å². The van der Waals surface area contributed by atoms with Crippen molar-refractivity contribution in [3.05, 3.63) is 61.8 Å². The zero-order valence-corrected chi connectivity index (χ0v) is 10.2. The zero-order chi connectivity index (χ0) is 13.3. The van der Waals surface area contributed by atoms with E-state index in [0.717, 1.165) is 15.7 Å². The van der Waals surface area contributed by atoms with E-state index in [0.29, 0.717) is 0 Å². The van der Waals surface area contributed by atoms with Gasteiger partial charge in [-0.05, 0) is 25.0 Å². The number of aromatic hydroxyl groups is 1. The molecule has 0 spiro atoms. The molecule has 1 heterocycles. The molecule has 2 rings (SSSR count). The van der Waals surface area contributed by atoms with Gasteiger partial charge in [-0.15, -0.1) is 0 Å². The molecule has 0 amide bonds. The lowest BCUT2D eigenvalue weighted by Gasteiger charge is -2.11. The Morgan fingerprint density at radius 2 is 1.89 bits per heavy atom. The summed E-state index contributed by atoms with van der Waals surface area (Å²) in [7, 11) is 0. The summed E-state index contributed by atoms with van der Waals surface area (Å²) in [5.41, 5.74) is 0.919. The lowest BCUT2D eigenvalue weighted by molar-refractivity contribution is 0.404. The fourth-order valence-corrected chi connectivity index (χ4v) is 1.76. The van der Waals surface area contributed by atoms with E-state index >= 15 is 0 Å². The van der Waals surface area contributed by atoms with Gasteiger partial charge >= 0.3 is 5.69 Å². The number of H-pyrrole nitrogens is 1. The van der Waals surface area contributed by atoms with E-state index in [1.165, 1.54) is 6.92 Å². The van der Waals surface area contributed by atoms with Gasteiger partial charge in [-0.25, -0.2) is 4.79 Å². The first kappa shape index (κ1) is 12.2. The minimum Gasteiger partial charge on any atom is -0.494 e. The Labute approximate surface area is 103 Å². The minimum absolute atomic E-state index is 0.142. The molecule has 94 valence electrons. The molecule has 0 saturated carbocycles. The van der Waals surface area contributed by atoms with Crippen molar-refractivity contribution >= 4 is 0 Å². The molecule has 0 aliphatic carbocycles. The smallest absolute Gasteiger partial charge is 0.331 e. The number of nitrogens with zero attached hydrogens (tertiary/aromatic N) is 1. The van der Waals surface area contributed by atoms with Gasteiger partial charge in [0.25, 0.3) is 5.56 Å². The Hall–Kier alpha value is -2.30. The third-order valence-electron chi connectivity index (χ3n) is 2.99. The highest BCUT2D eigenvalue weighted by atomic mass is 16.3. The molecule has 0 saturated heterocycles. The van der Waals surface area contributed by atoms with Gasteiger partial charge in [0.2, 0.25) is 5.88 Å². The fraction of sp³-hybridized carbons (Fsp3) is 0.231. The predicted octanol–water partition coefficient (Wildman–Crippen LogP) is 0.907. The number of nitrogens with one attached hydrogen (secondary N) is 1. The van der Waals surface area contributed by atoms with E-state index in [1.807, 2.05) is 31.2 Å². The van der Waals surface area contributed by atoms with E-state index in [9.17, 15) is 14.7 Å². The molecular formula is C13H14N2O3. The summed E-state index contributed by atoms with van der Waals surface area (Å²) < 4.78 is 1.15. The second-order valence-electron chi connectivity index (χ2n) is 4.22. The fourth-order valence-electron chi connectivity index (χ4n) is 1.76. The Morgan fingerprint density at radius 3 is 2.56 bits per heavy atom. The zero-order valence-electron chi connectivity index (χ0n) is 10.2. The van der Waals surface area contributed by atoms with Gasteiger partial charge in [-0.2, -0.15) is 0 Å². The lowest BCUT2D eigenvalue weighted by atomic mass is 10.1. The summed E-state index contributed by atoms with van der Waals surface area (Å²) in [5.74, 6) is -0.285. The molecule has 2 aromatic rings. The summed E-state index contributed by atoms with van der Waals surface area (Å²) in [6, 6.07) is 7.57. The van der Waals surface area contributed by atoms with Crippen LogP contribution in [0.4, 0.5) is 0 Å². The topological polar surface area (TPSA) is 75.1 Å². The standard InChI is InChI=1S/C13H14N2O3/c1-8-5-3-4-6-10(8)7-15-12(17)9(2)11(16)14-13(15)18/h3-6,17H,7H2,1-2H3,(H,14,16,18). The molecule has 1 aromatic carbocycles. The van der Waals surface area contributed by atoms with Crippen LogP contribution in [0.25, 0.3) is 0 Å². The summed E-state index contributed by atoms with van der Waals surface area (Å²) in [6.07, 6.45) is 0. The van der Waals surface area contributed by atoms with Crippen molar-refractivity contribution in [2.75, 3.05) is 0 Å². The molecule has 1 aromatic heterocycles. The van der Waals surface area contributed by atoms with Gasteiger partial charge < -0.3 is 5.11 Å². The highest BCUT2D eigenvalue weighted by Gasteiger charge is 2.11. The quantitative estimate of drug-likeness (QED) is 0.827. The molecule has 0 atom stereocenters. The van der Waals surface area contributed by atoms with E-state index < -0.39 is 11.2 Å². The number of aryl methyl sites for hydroxylation is 1. The van der Waals surface area contributed by atoms with E-state index in [-0.39, 0.29) is 18.0 Å². The van der Waals surface area contributed by atoms with Crippen LogP contribution in [-0.2, 0) is 6.54 Å². The maximum Gasteiger partial charge on any atom is 0.331 e. The van der Waals surface area contributed by atoms with Gasteiger partial charge in [-0.1, -0.05) is 24.3 Å². The number of aromatic amines is 1. The molecule has 5 heteroatoms. The Morgan fingerprint density at radius 1 is 1.22 bits per heavy atom. The van der Waals surface area contributed by atoms with Crippen LogP contribution in [0.15, 0.2) is 33.9 Å². The number of aromatic nitrogens is 2. The first-order valence-corrected chi connectivity index (χ1v) is 5.58. The summed E-state index contributed by atoms with van der Waals surface area (Å²) in [4.78, 5) is 25.2. The van der Waals surface area contributed by atoms with Gasteiger partial charge in [0, 0.05) is 0 Å². The second-order valence-corrected chi connectivity index (χ2v) is 4.22. The van der Waals surface area contributed by atoms with Crippen molar-refractivity contribution in [2.45, 2.75) is 20.4 Å². The van der Waals surface area contributed by atoms with Gasteiger partial charge in [-0.3, -0.25) is 14.3 Å². The van der Waals surface area contributed by atoms with Crippen LogP contribution in [0.2, 0.25) is 0 Å². The highest BCUT2D eigenvalue weighted by Crippen LogP contribution is 2.13. The molecule has 0 unspecified atom stereocenters. The van der Waals surface area contributed by atoms with Crippen LogP contribution in [-0.4, -0.2) is 14.7 Å². The highest BCUT2D eigenvalue weighted by molar-refractivity contribution is 5.28. The lowest BCUT2D eigenvalue weighted by Crippen LogP contribution is -2.31. The first-order valence-electron chi connectivity index (χ1n) is 5.58. The monoisotopic (exact) mass is 246 g/mol. The molecule has 2 N–H and O–H groups in total. The van der Waals surface area contributed by atoms with Gasteiger partial charge in [0.05, 0.1) is 12.1 Å². The summed E-state index contributed by atoms with van der Waals surface area (Å²) >= 11 is 0. The van der Waals surface area contributed by atoms with E-state index in [4.69, 9.17) is 0 Å². The third kappa shape index (κ3) is 2.07. The Balaban J connectivity index is 2.55. The van der Waals surface area contributed by atoms with Crippen molar-refractivity contribution in [1.82, 2.24) is 9.55 Å². The van der Waals surface area contributed by atoms with E-state index in [1.54, 1.807) is 0 Å². The molecule has 0 radical (unpaired) electrons. The Bertz CT molecular complexity index is 698. The molecule has 0 bridgehead atoms. The van der Waals surface area contributed by atoms with Crippen molar-refractivity contribution in [1.29, 1.82) is 0 Å². The number of benzene rings is 1. The maximum atomic E-state index is 11.7. The SMILES string of the molecule is Cc1ccccc1Cn1c(O)c(C)c(=O)[nH]c1=O. The molecule has 0 aliphatic rings. The average Bonchev–Trinajstić information content (AvgIpc) is 2.34. The normalized spacial score (nSPS) is 10.6. The predicted molar refractivity (Wildman–Crippen MR) is 68.0 cm³/mol.